The standard InChI is InChI=1S/C16H15NO2S/c18-13-5-7-14(8-6-13)20-11-16(19)17-10-9-12-3-1-2-4-15(12)17/h1-8,18H,9-11H2. The summed E-state index contributed by atoms with van der Waals surface area (Å²) in [4.78, 5) is 15.2. The third kappa shape index (κ3) is 2.65. The molecule has 0 unspecified atom stereocenters. The molecule has 1 amide bonds. The Bertz CT molecular complexity index is 625. The van der Waals surface area contributed by atoms with Gasteiger partial charge >= 0.3 is 0 Å². The van der Waals surface area contributed by atoms with Crippen LogP contribution < -0.4 is 4.90 Å². The molecule has 0 radical (unpaired) electrons. The first-order valence-electron chi connectivity index (χ1n) is 6.54. The Balaban J connectivity index is 1.65. The molecule has 1 N–H and O–H groups in total. The number of carbonyl (C=O) groups excluding carboxylic acids is 1. The third-order valence-corrected chi connectivity index (χ3v) is 4.38. The van der Waals surface area contributed by atoms with Gasteiger partial charge in [-0.1, -0.05) is 18.2 Å². The summed E-state index contributed by atoms with van der Waals surface area (Å²) in [5.74, 6) is 0.793. The summed E-state index contributed by atoms with van der Waals surface area (Å²) < 4.78 is 0. The Morgan fingerprint density at radius 1 is 1.15 bits per heavy atom. The minimum atomic E-state index is 0.132. The molecule has 0 saturated carbocycles. The van der Waals surface area contributed by atoms with E-state index in [1.165, 1.54) is 17.3 Å². The van der Waals surface area contributed by atoms with E-state index in [-0.39, 0.29) is 11.7 Å². The molecule has 2 aromatic carbocycles. The smallest absolute Gasteiger partial charge is 0.237 e. The van der Waals surface area contributed by atoms with E-state index in [1.54, 1.807) is 12.1 Å². The number of nitrogens with zero attached hydrogens (tertiary/aromatic N) is 1. The van der Waals surface area contributed by atoms with Gasteiger partial charge in [-0.25, -0.2) is 0 Å². The number of anilines is 1. The normalized spacial score (nSPS) is 13.3. The van der Waals surface area contributed by atoms with Crippen molar-refractivity contribution in [3.63, 3.8) is 0 Å². The molecule has 2 aromatic rings. The lowest BCUT2D eigenvalue weighted by atomic mass is 10.2. The Hall–Kier alpha value is -1.94. The molecular formula is C16H15NO2S. The second kappa shape index (κ2) is 5.59. The van der Waals surface area contributed by atoms with Gasteiger partial charge in [0, 0.05) is 17.1 Å². The van der Waals surface area contributed by atoms with Crippen molar-refractivity contribution in [2.45, 2.75) is 11.3 Å². The lowest BCUT2D eigenvalue weighted by Crippen LogP contribution is -2.30. The van der Waals surface area contributed by atoms with E-state index in [4.69, 9.17) is 0 Å². The Morgan fingerprint density at radius 2 is 1.90 bits per heavy atom. The van der Waals surface area contributed by atoms with Gasteiger partial charge in [0.2, 0.25) is 5.91 Å². The van der Waals surface area contributed by atoms with E-state index in [9.17, 15) is 9.90 Å². The van der Waals surface area contributed by atoms with E-state index >= 15 is 0 Å². The lowest BCUT2D eigenvalue weighted by molar-refractivity contribution is -0.116. The maximum atomic E-state index is 12.3. The van der Waals surface area contributed by atoms with Gasteiger partial charge in [0.25, 0.3) is 0 Å². The molecule has 20 heavy (non-hydrogen) atoms. The third-order valence-electron chi connectivity index (χ3n) is 3.39. The fourth-order valence-electron chi connectivity index (χ4n) is 2.36. The fourth-order valence-corrected chi connectivity index (χ4v) is 3.14. The van der Waals surface area contributed by atoms with Crippen LogP contribution in [0.2, 0.25) is 0 Å². The molecule has 0 bridgehead atoms. The molecule has 1 heterocycles. The highest BCUT2D eigenvalue weighted by Gasteiger charge is 2.23. The van der Waals surface area contributed by atoms with Crippen LogP contribution in [0.4, 0.5) is 5.69 Å². The molecule has 0 saturated heterocycles. The minimum absolute atomic E-state index is 0.132. The number of phenolic OH excluding ortho intramolecular Hbond substituents is 1. The molecule has 0 aliphatic carbocycles. The Morgan fingerprint density at radius 3 is 2.70 bits per heavy atom. The van der Waals surface area contributed by atoms with Crippen LogP contribution in [0.3, 0.4) is 0 Å². The number of aromatic hydroxyl groups is 1. The van der Waals surface area contributed by atoms with E-state index < -0.39 is 0 Å². The highest BCUT2D eigenvalue weighted by atomic mass is 32.2. The summed E-state index contributed by atoms with van der Waals surface area (Å²) in [6, 6.07) is 15.0. The van der Waals surface area contributed by atoms with Gasteiger partial charge in [-0.05, 0) is 42.3 Å². The first-order chi connectivity index (χ1) is 9.74. The first kappa shape index (κ1) is 13.1. The van der Waals surface area contributed by atoms with Gasteiger partial charge in [-0.3, -0.25) is 4.79 Å². The van der Waals surface area contributed by atoms with Crippen LogP contribution in [0.25, 0.3) is 0 Å². The zero-order valence-corrected chi connectivity index (χ0v) is 11.8. The zero-order valence-electron chi connectivity index (χ0n) is 11.0. The quantitative estimate of drug-likeness (QED) is 0.881. The molecule has 102 valence electrons. The van der Waals surface area contributed by atoms with Gasteiger partial charge in [0.05, 0.1) is 5.75 Å². The highest BCUT2D eigenvalue weighted by molar-refractivity contribution is 8.00. The van der Waals surface area contributed by atoms with Crippen molar-refractivity contribution in [1.82, 2.24) is 0 Å². The number of rotatable bonds is 3. The van der Waals surface area contributed by atoms with Crippen molar-refractivity contribution in [3.8, 4) is 5.75 Å². The monoisotopic (exact) mass is 285 g/mol. The number of amides is 1. The Labute approximate surface area is 122 Å². The predicted molar refractivity (Wildman–Crippen MR) is 81.3 cm³/mol. The second-order valence-corrected chi connectivity index (χ2v) is 5.76. The number of thioether (sulfide) groups is 1. The number of hydrogen-bond acceptors (Lipinski definition) is 3. The molecule has 0 spiro atoms. The molecule has 3 nitrogen and oxygen atoms in total. The van der Waals surface area contributed by atoms with E-state index in [0.29, 0.717) is 5.75 Å². The van der Waals surface area contributed by atoms with Crippen molar-refractivity contribution in [1.29, 1.82) is 0 Å². The topological polar surface area (TPSA) is 40.5 Å². The molecule has 0 atom stereocenters. The lowest BCUT2D eigenvalue weighted by Gasteiger charge is -2.17. The molecule has 0 fully saturated rings. The van der Waals surface area contributed by atoms with Crippen molar-refractivity contribution in [2.24, 2.45) is 0 Å². The number of hydrogen-bond donors (Lipinski definition) is 1. The van der Waals surface area contributed by atoms with Crippen LogP contribution in [0, 0.1) is 0 Å². The molecular weight excluding hydrogens is 270 g/mol. The van der Waals surface area contributed by atoms with Crippen LogP contribution in [0.5, 0.6) is 5.75 Å². The number of para-hydroxylation sites is 1. The van der Waals surface area contributed by atoms with Gasteiger partial charge in [0.15, 0.2) is 0 Å². The van der Waals surface area contributed by atoms with Gasteiger partial charge in [0.1, 0.15) is 5.75 Å². The maximum Gasteiger partial charge on any atom is 0.237 e. The Kier molecular flexibility index (Phi) is 3.65. The minimum Gasteiger partial charge on any atom is -0.508 e. The molecule has 4 heteroatoms. The average Bonchev–Trinajstić information content (AvgIpc) is 2.90. The summed E-state index contributed by atoms with van der Waals surface area (Å²) in [5, 5.41) is 9.23. The summed E-state index contributed by atoms with van der Waals surface area (Å²) in [5.41, 5.74) is 2.29. The summed E-state index contributed by atoms with van der Waals surface area (Å²) in [6.45, 7) is 0.772. The van der Waals surface area contributed by atoms with Crippen LogP contribution in [0.1, 0.15) is 5.56 Å². The van der Waals surface area contributed by atoms with Crippen LogP contribution in [-0.2, 0) is 11.2 Å². The summed E-state index contributed by atoms with van der Waals surface area (Å²) >= 11 is 1.50. The largest absolute Gasteiger partial charge is 0.508 e. The van der Waals surface area contributed by atoms with E-state index in [1.807, 2.05) is 35.2 Å². The maximum absolute atomic E-state index is 12.3. The van der Waals surface area contributed by atoms with E-state index in [0.717, 1.165) is 23.5 Å². The van der Waals surface area contributed by atoms with Crippen molar-refractivity contribution < 1.29 is 9.90 Å². The van der Waals surface area contributed by atoms with Crippen LogP contribution >= 0.6 is 11.8 Å². The SMILES string of the molecule is O=C(CSc1ccc(O)cc1)N1CCc2ccccc21. The number of fused-ring (bicyclic) bond motifs is 1. The second-order valence-electron chi connectivity index (χ2n) is 4.71. The summed E-state index contributed by atoms with van der Waals surface area (Å²) in [6.07, 6.45) is 0.936. The zero-order chi connectivity index (χ0) is 13.9. The molecule has 1 aliphatic rings. The van der Waals surface area contributed by atoms with Crippen molar-refractivity contribution >= 4 is 23.4 Å². The van der Waals surface area contributed by atoms with Gasteiger partial charge < -0.3 is 10.0 Å². The molecule has 0 aromatic heterocycles. The fraction of sp³-hybridized carbons (Fsp3) is 0.188. The number of phenols is 1. The van der Waals surface area contributed by atoms with Gasteiger partial charge in [-0.2, -0.15) is 0 Å². The first-order valence-corrected chi connectivity index (χ1v) is 7.53. The molecule has 1 aliphatic heterocycles. The van der Waals surface area contributed by atoms with Gasteiger partial charge in [-0.15, -0.1) is 11.8 Å². The summed E-state index contributed by atoms with van der Waals surface area (Å²) in [7, 11) is 0. The average molecular weight is 285 g/mol. The van der Waals surface area contributed by atoms with Crippen molar-refractivity contribution in [2.75, 3.05) is 17.2 Å². The highest BCUT2D eigenvalue weighted by Crippen LogP contribution is 2.29. The predicted octanol–water partition coefficient (Wildman–Crippen LogP) is 3.07. The number of benzene rings is 2. The van der Waals surface area contributed by atoms with Crippen molar-refractivity contribution in [3.05, 3.63) is 54.1 Å². The molecule has 3 rings (SSSR count). The number of carbonyl (C=O) groups is 1. The van der Waals surface area contributed by atoms with Crippen LogP contribution in [-0.4, -0.2) is 23.3 Å². The van der Waals surface area contributed by atoms with Crippen LogP contribution in [0.15, 0.2) is 53.4 Å². The van der Waals surface area contributed by atoms with E-state index in [2.05, 4.69) is 6.07 Å².